The normalized spacial score (nSPS) is 10.0. The van der Waals surface area contributed by atoms with Gasteiger partial charge in [-0.25, -0.2) is 0 Å². The second kappa shape index (κ2) is 7.66. The molecule has 2 aromatic carbocycles. The van der Waals surface area contributed by atoms with Crippen molar-refractivity contribution in [1.82, 2.24) is 0 Å². The number of hydrogen-bond donors (Lipinski definition) is 1. The predicted octanol–water partition coefficient (Wildman–Crippen LogP) is 4.10. The van der Waals surface area contributed by atoms with Crippen molar-refractivity contribution in [2.24, 2.45) is 0 Å². The third kappa shape index (κ3) is 4.24. The number of nitrogens with one attached hydrogen (secondary N) is 1. The molecule has 118 valence electrons. The topological polar surface area (TPSA) is 62.1 Å². The van der Waals surface area contributed by atoms with Gasteiger partial charge in [-0.2, -0.15) is 5.26 Å². The van der Waals surface area contributed by atoms with Gasteiger partial charge in [-0.15, -0.1) is 0 Å². The Balaban J connectivity index is 2.03. The highest BCUT2D eigenvalue weighted by Gasteiger charge is 2.10. The van der Waals surface area contributed by atoms with E-state index in [9.17, 15) is 4.79 Å². The summed E-state index contributed by atoms with van der Waals surface area (Å²) in [5.41, 5.74) is 3.36. The Morgan fingerprint density at radius 1 is 1.35 bits per heavy atom. The zero-order valence-electron chi connectivity index (χ0n) is 13.0. The molecule has 0 fully saturated rings. The van der Waals surface area contributed by atoms with Crippen LogP contribution < -0.4 is 10.1 Å². The van der Waals surface area contributed by atoms with E-state index in [1.807, 2.05) is 38.1 Å². The van der Waals surface area contributed by atoms with Crippen LogP contribution in [0.4, 0.5) is 5.69 Å². The second-order valence-corrected chi connectivity index (χ2v) is 5.46. The van der Waals surface area contributed by atoms with E-state index in [4.69, 9.17) is 21.6 Å². The second-order valence-electron chi connectivity index (χ2n) is 5.06. The molecule has 0 unspecified atom stereocenters. The number of aryl methyl sites for hydroxylation is 2. The fourth-order valence-electron chi connectivity index (χ4n) is 2.21. The molecule has 1 N–H and O–H groups in total. The Kier molecular flexibility index (Phi) is 5.61. The predicted molar refractivity (Wildman–Crippen MR) is 90.8 cm³/mol. The zero-order chi connectivity index (χ0) is 16.8. The number of para-hydroxylation sites is 1. The van der Waals surface area contributed by atoms with E-state index in [0.29, 0.717) is 16.3 Å². The molecule has 2 aromatic rings. The Bertz CT molecular complexity index is 766. The average molecular weight is 329 g/mol. The smallest absolute Gasteiger partial charge is 0.262 e. The van der Waals surface area contributed by atoms with Crippen molar-refractivity contribution < 1.29 is 9.53 Å². The van der Waals surface area contributed by atoms with Gasteiger partial charge in [-0.05, 0) is 42.7 Å². The highest BCUT2D eigenvalue weighted by Crippen LogP contribution is 2.25. The van der Waals surface area contributed by atoms with Gasteiger partial charge in [-0.3, -0.25) is 4.79 Å². The molecule has 23 heavy (non-hydrogen) atoms. The van der Waals surface area contributed by atoms with Gasteiger partial charge >= 0.3 is 0 Å². The molecule has 0 aromatic heterocycles. The molecule has 2 rings (SSSR count). The zero-order valence-corrected chi connectivity index (χ0v) is 13.8. The molecule has 0 saturated carbocycles. The van der Waals surface area contributed by atoms with E-state index in [2.05, 4.69) is 5.32 Å². The monoisotopic (exact) mass is 328 g/mol. The standard InChI is InChI=1S/C18H17ClN2O2/c1-3-14-6-4-5-12(2)18(14)21-17(22)11-23-16-8-7-13(10-20)9-15(16)19/h4-9H,3,11H2,1-2H3,(H,21,22). The van der Waals surface area contributed by atoms with Gasteiger partial charge in [0, 0.05) is 5.69 Å². The molecular weight excluding hydrogens is 312 g/mol. The summed E-state index contributed by atoms with van der Waals surface area (Å²) >= 11 is 6.02. The van der Waals surface area contributed by atoms with Crippen LogP contribution in [0.25, 0.3) is 0 Å². The molecule has 0 aliphatic carbocycles. The quantitative estimate of drug-likeness (QED) is 0.898. The highest BCUT2D eigenvalue weighted by atomic mass is 35.5. The molecule has 4 nitrogen and oxygen atoms in total. The number of amides is 1. The van der Waals surface area contributed by atoms with Crippen LogP contribution in [0.15, 0.2) is 36.4 Å². The summed E-state index contributed by atoms with van der Waals surface area (Å²) in [6.07, 6.45) is 0.833. The van der Waals surface area contributed by atoms with Gasteiger partial charge in [0.1, 0.15) is 5.75 Å². The van der Waals surface area contributed by atoms with E-state index < -0.39 is 0 Å². The Morgan fingerprint density at radius 3 is 2.78 bits per heavy atom. The van der Waals surface area contributed by atoms with E-state index in [1.165, 1.54) is 6.07 Å². The summed E-state index contributed by atoms with van der Waals surface area (Å²) in [4.78, 5) is 12.1. The minimum atomic E-state index is -0.255. The number of ether oxygens (including phenoxy) is 1. The van der Waals surface area contributed by atoms with Gasteiger partial charge in [0.15, 0.2) is 6.61 Å². The molecule has 1 amide bonds. The van der Waals surface area contributed by atoms with Crippen molar-refractivity contribution >= 4 is 23.2 Å². The number of rotatable bonds is 5. The van der Waals surface area contributed by atoms with E-state index in [1.54, 1.807) is 12.1 Å². The van der Waals surface area contributed by atoms with Gasteiger partial charge < -0.3 is 10.1 Å². The molecule has 0 heterocycles. The average Bonchev–Trinajstić information content (AvgIpc) is 2.55. The summed E-state index contributed by atoms with van der Waals surface area (Å²) in [5.74, 6) is 0.121. The van der Waals surface area contributed by atoms with Crippen LogP contribution in [0.3, 0.4) is 0 Å². The first-order chi connectivity index (χ1) is 11.0. The van der Waals surface area contributed by atoms with Crippen LogP contribution in [0.5, 0.6) is 5.75 Å². The molecule has 0 aliphatic heterocycles. The SMILES string of the molecule is CCc1cccc(C)c1NC(=O)COc1ccc(C#N)cc1Cl. The molecular formula is C18H17ClN2O2. The molecule has 0 aliphatic rings. The summed E-state index contributed by atoms with van der Waals surface area (Å²) in [5, 5.41) is 12.0. The lowest BCUT2D eigenvalue weighted by Gasteiger charge is -2.13. The van der Waals surface area contributed by atoms with Crippen LogP contribution in [-0.4, -0.2) is 12.5 Å². The Labute approximate surface area is 140 Å². The number of carbonyl (C=O) groups is 1. The molecule has 0 spiro atoms. The maximum Gasteiger partial charge on any atom is 0.262 e. The number of halogens is 1. The maximum absolute atomic E-state index is 12.1. The van der Waals surface area contributed by atoms with Crippen molar-refractivity contribution in [3.8, 4) is 11.8 Å². The number of nitriles is 1. The van der Waals surface area contributed by atoms with Crippen LogP contribution >= 0.6 is 11.6 Å². The molecule has 5 heteroatoms. The molecule has 0 bridgehead atoms. The lowest BCUT2D eigenvalue weighted by Crippen LogP contribution is -2.21. The largest absolute Gasteiger partial charge is 0.482 e. The number of nitrogens with zero attached hydrogens (tertiary/aromatic N) is 1. The number of benzene rings is 2. The first-order valence-corrected chi connectivity index (χ1v) is 7.63. The molecule has 0 saturated heterocycles. The van der Waals surface area contributed by atoms with Crippen LogP contribution in [-0.2, 0) is 11.2 Å². The van der Waals surface area contributed by atoms with Gasteiger partial charge in [0.05, 0.1) is 16.7 Å². The molecule has 0 radical (unpaired) electrons. The lowest BCUT2D eigenvalue weighted by atomic mass is 10.1. The third-order valence-corrected chi connectivity index (χ3v) is 3.72. The maximum atomic E-state index is 12.1. The van der Waals surface area contributed by atoms with E-state index in [-0.39, 0.29) is 12.5 Å². The summed E-state index contributed by atoms with van der Waals surface area (Å²) in [6, 6.07) is 12.6. The number of hydrogen-bond acceptors (Lipinski definition) is 3. The van der Waals surface area contributed by atoms with Gasteiger partial charge in [0.25, 0.3) is 5.91 Å². The van der Waals surface area contributed by atoms with Gasteiger partial charge in [0.2, 0.25) is 0 Å². The van der Waals surface area contributed by atoms with E-state index >= 15 is 0 Å². The van der Waals surface area contributed by atoms with E-state index in [0.717, 1.165) is 23.2 Å². The third-order valence-electron chi connectivity index (χ3n) is 3.42. The highest BCUT2D eigenvalue weighted by molar-refractivity contribution is 6.32. The molecule has 0 atom stereocenters. The first kappa shape index (κ1) is 16.9. The van der Waals surface area contributed by atoms with Crippen LogP contribution in [0.1, 0.15) is 23.6 Å². The van der Waals surface area contributed by atoms with Crippen molar-refractivity contribution in [3.63, 3.8) is 0 Å². The number of anilines is 1. The van der Waals surface area contributed by atoms with Crippen molar-refractivity contribution in [3.05, 3.63) is 58.1 Å². The fourth-order valence-corrected chi connectivity index (χ4v) is 2.44. The lowest BCUT2D eigenvalue weighted by molar-refractivity contribution is -0.118. The van der Waals surface area contributed by atoms with Gasteiger partial charge in [-0.1, -0.05) is 36.7 Å². The van der Waals surface area contributed by atoms with Crippen molar-refractivity contribution in [2.45, 2.75) is 20.3 Å². The Morgan fingerprint density at radius 2 is 2.13 bits per heavy atom. The summed E-state index contributed by atoms with van der Waals surface area (Å²) in [6.45, 7) is 3.84. The fraction of sp³-hybridized carbons (Fsp3) is 0.222. The van der Waals surface area contributed by atoms with Crippen molar-refractivity contribution in [1.29, 1.82) is 5.26 Å². The van der Waals surface area contributed by atoms with Crippen LogP contribution in [0, 0.1) is 18.3 Å². The minimum Gasteiger partial charge on any atom is -0.482 e. The van der Waals surface area contributed by atoms with Crippen molar-refractivity contribution in [2.75, 3.05) is 11.9 Å². The first-order valence-electron chi connectivity index (χ1n) is 7.26. The summed E-state index contributed by atoms with van der Waals surface area (Å²) in [7, 11) is 0. The number of carbonyl (C=O) groups excluding carboxylic acids is 1. The summed E-state index contributed by atoms with van der Waals surface area (Å²) < 4.78 is 5.43. The minimum absolute atomic E-state index is 0.150. The van der Waals surface area contributed by atoms with Crippen LogP contribution in [0.2, 0.25) is 5.02 Å². The Hall–Kier alpha value is -2.51.